The molecule has 6 heteroatoms. The van der Waals surface area contributed by atoms with Crippen molar-refractivity contribution in [2.75, 3.05) is 6.61 Å². The first-order valence-corrected chi connectivity index (χ1v) is 4.84. The Labute approximate surface area is 88.3 Å². The van der Waals surface area contributed by atoms with Crippen LogP contribution < -0.4 is 11.5 Å². The minimum atomic E-state index is -0.948. The van der Waals surface area contributed by atoms with Crippen molar-refractivity contribution in [3.63, 3.8) is 0 Å². The number of rotatable bonds is 8. The lowest BCUT2D eigenvalue weighted by Crippen LogP contribution is -2.28. The maximum atomic E-state index is 10.9. The fourth-order valence-corrected chi connectivity index (χ4v) is 1.30. The predicted octanol–water partition coefficient (Wildman–Crippen LogP) is -1.51. The summed E-state index contributed by atoms with van der Waals surface area (Å²) in [5, 5.41) is 17.7. The SMILES string of the molecule is NC(=O)CCCC(CC(O)CO)C(N)=O. The van der Waals surface area contributed by atoms with Gasteiger partial charge in [-0.2, -0.15) is 0 Å². The Hall–Kier alpha value is -1.14. The summed E-state index contributed by atoms with van der Waals surface area (Å²) in [6.07, 6.45) is 0.219. The molecule has 0 aromatic carbocycles. The van der Waals surface area contributed by atoms with Crippen LogP contribution in [0, 0.1) is 5.92 Å². The first-order valence-electron chi connectivity index (χ1n) is 4.84. The normalized spacial score (nSPS) is 14.5. The highest BCUT2D eigenvalue weighted by Crippen LogP contribution is 2.14. The van der Waals surface area contributed by atoms with E-state index in [-0.39, 0.29) is 12.8 Å². The number of aliphatic hydroxyl groups excluding tert-OH is 2. The van der Waals surface area contributed by atoms with Gasteiger partial charge in [-0.15, -0.1) is 0 Å². The molecule has 0 fully saturated rings. The van der Waals surface area contributed by atoms with Crippen molar-refractivity contribution < 1.29 is 19.8 Å². The molecular formula is C9H18N2O4. The van der Waals surface area contributed by atoms with Crippen LogP contribution in [0.3, 0.4) is 0 Å². The Morgan fingerprint density at radius 1 is 1.27 bits per heavy atom. The summed E-state index contributed by atoms with van der Waals surface area (Å²) in [5.41, 5.74) is 10.0. The van der Waals surface area contributed by atoms with E-state index < -0.39 is 30.4 Å². The second-order valence-corrected chi connectivity index (χ2v) is 3.53. The second-order valence-electron chi connectivity index (χ2n) is 3.53. The quantitative estimate of drug-likeness (QED) is 0.395. The summed E-state index contributed by atoms with van der Waals surface area (Å²) in [4.78, 5) is 21.4. The highest BCUT2D eigenvalue weighted by Gasteiger charge is 2.19. The Morgan fingerprint density at radius 3 is 2.27 bits per heavy atom. The molecule has 0 saturated carbocycles. The van der Waals surface area contributed by atoms with Crippen LogP contribution in [0.15, 0.2) is 0 Å². The van der Waals surface area contributed by atoms with E-state index in [1.165, 1.54) is 0 Å². The van der Waals surface area contributed by atoms with Crippen LogP contribution >= 0.6 is 0 Å². The molecule has 0 rings (SSSR count). The van der Waals surface area contributed by atoms with E-state index in [1.807, 2.05) is 0 Å². The smallest absolute Gasteiger partial charge is 0.220 e. The third-order valence-electron chi connectivity index (χ3n) is 2.15. The van der Waals surface area contributed by atoms with Crippen LogP contribution in [-0.4, -0.2) is 34.7 Å². The van der Waals surface area contributed by atoms with E-state index in [0.717, 1.165) is 0 Å². The number of hydrogen-bond acceptors (Lipinski definition) is 4. The third kappa shape index (κ3) is 6.87. The van der Waals surface area contributed by atoms with E-state index in [9.17, 15) is 9.59 Å². The molecule has 0 aromatic heterocycles. The van der Waals surface area contributed by atoms with E-state index in [0.29, 0.717) is 12.8 Å². The van der Waals surface area contributed by atoms with Gasteiger partial charge in [-0.3, -0.25) is 9.59 Å². The lowest BCUT2D eigenvalue weighted by atomic mass is 9.95. The van der Waals surface area contributed by atoms with Crippen molar-refractivity contribution in [3.05, 3.63) is 0 Å². The average Bonchev–Trinajstić information content (AvgIpc) is 2.15. The Morgan fingerprint density at radius 2 is 1.87 bits per heavy atom. The number of aliphatic hydroxyl groups is 2. The van der Waals surface area contributed by atoms with Crippen LogP contribution in [0.25, 0.3) is 0 Å². The van der Waals surface area contributed by atoms with Crippen LogP contribution in [0.1, 0.15) is 25.7 Å². The van der Waals surface area contributed by atoms with Gasteiger partial charge in [0.05, 0.1) is 12.7 Å². The van der Waals surface area contributed by atoms with Crippen LogP contribution in [-0.2, 0) is 9.59 Å². The van der Waals surface area contributed by atoms with Crippen molar-refractivity contribution in [3.8, 4) is 0 Å². The molecule has 0 aromatic rings. The Kier molecular flexibility index (Phi) is 6.64. The molecule has 0 spiro atoms. The molecule has 0 saturated heterocycles. The molecule has 2 amide bonds. The molecule has 0 radical (unpaired) electrons. The molecule has 88 valence electrons. The zero-order valence-electron chi connectivity index (χ0n) is 8.56. The van der Waals surface area contributed by atoms with E-state index >= 15 is 0 Å². The van der Waals surface area contributed by atoms with E-state index in [1.54, 1.807) is 0 Å². The van der Waals surface area contributed by atoms with Crippen molar-refractivity contribution >= 4 is 11.8 Å². The predicted molar refractivity (Wildman–Crippen MR) is 53.4 cm³/mol. The zero-order valence-corrected chi connectivity index (χ0v) is 8.56. The van der Waals surface area contributed by atoms with Gasteiger partial charge in [-0.1, -0.05) is 0 Å². The molecule has 0 aliphatic rings. The fourth-order valence-electron chi connectivity index (χ4n) is 1.30. The molecule has 15 heavy (non-hydrogen) atoms. The third-order valence-corrected chi connectivity index (χ3v) is 2.15. The summed E-state index contributed by atoms with van der Waals surface area (Å²) in [5.74, 6) is -1.49. The molecular weight excluding hydrogens is 200 g/mol. The van der Waals surface area contributed by atoms with Gasteiger partial charge in [0.1, 0.15) is 0 Å². The molecule has 0 aliphatic carbocycles. The molecule has 0 heterocycles. The summed E-state index contributed by atoms with van der Waals surface area (Å²) in [6.45, 7) is -0.403. The standard InChI is InChI=1S/C9H18N2O4/c10-8(14)3-1-2-6(9(11)15)4-7(13)5-12/h6-7,12-13H,1-5H2,(H2,10,14)(H2,11,15). The number of carbonyl (C=O) groups excluding carboxylic acids is 2. The van der Waals surface area contributed by atoms with Gasteiger partial charge in [0, 0.05) is 12.3 Å². The Balaban J connectivity index is 3.94. The first kappa shape index (κ1) is 13.9. The summed E-state index contributed by atoms with van der Waals surface area (Å²) >= 11 is 0. The number of nitrogens with two attached hydrogens (primary N) is 2. The van der Waals surface area contributed by atoms with Crippen molar-refractivity contribution in [2.24, 2.45) is 17.4 Å². The molecule has 0 aliphatic heterocycles. The maximum Gasteiger partial charge on any atom is 0.220 e. The van der Waals surface area contributed by atoms with Gasteiger partial charge < -0.3 is 21.7 Å². The Bertz CT molecular complexity index is 220. The van der Waals surface area contributed by atoms with Gasteiger partial charge in [0.25, 0.3) is 0 Å². The molecule has 2 unspecified atom stereocenters. The summed E-state index contributed by atoms with van der Waals surface area (Å²) in [7, 11) is 0. The molecule has 6 N–H and O–H groups in total. The van der Waals surface area contributed by atoms with E-state index in [2.05, 4.69) is 0 Å². The largest absolute Gasteiger partial charge is 0.394 e. The maximum absolute atomic E-state index is 10.9. The lowest BCUT2D eigenvalue weighted by molar-refractivity contribution is -0.124. The molecule has 6 nitrogen and oxygen atoms in total. The second kappa shape index (κ2) is 7.19. The molecule has 2 atom stereocenters. The molecule has 0 bridgehead atoms. The topological polar surface area (TPSA) is 127 Å². The average molecular weight is 218 g/mol. The number of hydrogen-bond donors (Lipinski definition) is 4. The number of primary amides is 2. The van der Waals surface area contributed by atoms with Gasteiger partial charge in [0.2, 0.25) is 11.8 Å². The summed E-state index contributed by atoms with van der Waals surface area (Å²) in [6, 6.07) is 0. The highest BCUT2D eigenvalue weighted by atomic mass is 16.3. The minimum Gasteiger partial charge on any atom is -0.394 e. The van der Waals surface area contributed by atoms with Crippen LogP contribution in [0.5, 0.6) is 0 Å². The minimum absolute atomic E-state index is 0.116. The van der Waals surface area contributed by atoms with Crippen molar-refractivity contribution in [1.29, 1.82) is 0 Å². The zero-order chi connectivity index (χ0) is 11.8. The fraction of sp³-hybridized carbons (Fsp3) is 0.778. The monoisotopic (exact) mass is 218 g/mol. The van der Waals surface area contributed by atoms with Crippen molar-refractivity contribution in [1.82, 2.24) is 0 Å². The van der Waals surface area contributed by atoms with Crippen LogP contribution in [0.4, 0.5) is 0 Å². The summed E-state index contributed by atoms with van der Waals surface area (Å²) < 4.78 is 0. The first-order chi connectivity index (χ1) is 6.97. The van der Waals surface area contributed by atoms with Gasteiger partial charge in [-0.05, 0) is 19.3 Å². The van der Waals surface area contributed by atoms with Crippen molar-refractivity contribution in [2.45, 2.75) is 31.8 Å². The van der Waals surface area contributed by atoms with Gasteiger partial charge in [0.15, 0.2) is 0 Å². The van der Waals surface area contributed by atoms with Crippen LogP contribution in [0.2, 0.25) is 0 Å². The van der Waals surface area contributed by atoms with E-state index in [4.69, 9.17) is 21.7 Å². The lowest BCUT2D eigenvalue weighted by Gasteiger charge is -2.15. The van der Waals surface area contributed by atoms with Gasteiger partial charge >= 0.3 is 0 Å². The highest BCUT2D eigenvalue weighted by molar-refractivity contribution is 5.77. The van der Waals surface area contributed by atoms with Gasteiger partial charge in [-0.25, -0.2) is 0 Å². The number of carbonyl (C=O) groups is 2. The number of amides is 2.